The summed E-state index contributed by atoms with van der Waals surface area (Å²) >= 11 is 0. The standard InChI is InChI=1S/C18H23N5O2/c1-2-6-14-11-16(22-21-14)20-17(24)15-8-3-4-10-23(15)18(25)13-7-5-9-19-12-13/h5,7,9,11-12,15H,2-4,6,8,10H2,1H3,(H2,20,21,22,24)/t15-/m1/s1. The van der Waals surface area contributed by atoms with Gasteiger partial charge in [-0.15, -0.1) is 0 Å². The largest absolute Gasteiger partial charge is 0.327 e. The van der Waals surface area contributed by atoms with Gasteiger partial charge in [0.05, 0.1) is 5.56 Å². The van der Waals surface area contributed by atoms with E-state index in [1.807, 2.05) is 6.07 Å². The number of amides is 2. The molecule has 3 rings (SSSR count). The molecule has 2 amide bonds. The zero-order chi connectivity index (χ0) is 17.6. The number of aromatic amines is 1. The van der Waals surface area contributed by atoms with Crippen LogP contribution < -0.4 is 5.32 Å². The van der Waals surface area contributed by atoms with Crippen LogP contribution in [0.1, 0.15) is 48.7 Å². The van der Waals surface area contributed by atoms with Crippen LogP contribution in [0.3, 0.4) is 0 Å². The minimum absolute atomic E-state index is 0.151. The molecule has 0 bridgehead atoms. The summed E-state index contributed by atoms with van der Waals surface area (Å²) in [6, 6.07) is 4.82. The monoisotopic (exact) mass is 341 g/mol. The van der Waals surface area contributed by atoms with E-state index in [0.29, 0.717) is 24.3 Å². The molecule has 3 heterocycles. The lowest BCUT2D eigenvalue weighted by molar-refractivity contribution is -0.121. The topological polar surface area (TPSA) is 91.0 Å². The maximum atomic E-state index is 12.7. The normalized spacial score (nSPS) is 17.3. The van der Waals surface area contributed by atoms with Crippen molar-refractivity contribution in [3.63, 3.8) is 0 Å². The summed E-state index contributed by atoms with van der Waals surface area (Å²) in [6.45, 7) is 2.66. The van der Waals surface area contributed by atoms with Crippen molar-refractivity contribution in [2.75, 3.05) is 11.9 Å². The molecule has 25 heavy (non-hydrogen) atoms. The predicted molar refractivity (Wildman–Crippen MR) is 94.1 cm³/mol. The molecule has 1 aliphatic rings. The van der Waals surface area contributed by atoms with Crippen LogP contribution in [0.5, 0.6) is 0 Å². The van der Waals surface area contributed by atoms with Crippen molar-refractivity contribution in [1.82, 2.24) is 20.1 Å². The van der Waals surface area contributed by atoms with E-state index in [4.69, 9.17) is 0 Å². The molecule has 2 aromatic heterocycles. The van der Waals surface area contributed by atoms with E-state index in [1.165, 1.54) is 6.20 Å². The van der Waals surface area contributed by atoms with E-state index >= 15 is 0 Å². The molecule has 0 saturated carbocycles. The van der Waals surface area contributed by atoms with Crippen molar-refractivity contribution in [1.29, 1.82) is 0 Å². The molecular weight excluding hydrogens is 318 g/mol. The average molecular weight is 341 g/mol. The van der Waals surface area contributed by atoms with E-state index in [2.05, 4.69) is 27.4 Å². The number of anilines is 1. The van der Waals surface area contributed by atoms with Gasteiger partial charge in [0.2, 0.25) is 5.91 Å². The zero-order valence-electron chi connectivity index (χ0n) is 14.4. The van der Waals surface area contributed by atoms with Crippen molar-refractivity contribution >= 4 is 17.6 Å². The summed E-state index contributed by atoms with van der Waals surface area (Å²) in [5.41, 5.74) is 1.50. The third kappa shape index (κ3) is 4.04. The number of carbonyl (C=O) groups is 2. The van der Waals surface area contributed by atoms with E-state index in [1.54, 1.807) is 23.2 Å². The quantitative estimate of drug-likeness (QED) is 0.873. The van der Waals surface area contributed by atoms with Gasteiger partial charge in [0.15, 0.2) is 5.82 Å². The van der Waals surface area contributed by atoms with Crippen LogP contribution in [-0.2, 0) is 11.2 Å². The lowest BCUT2D eigenvalue weighted by Crippen LogP contribution is -2.50. The van der Waals surface area contributed by atoms with Crippen LogP contribution in [0.2, 0.25) is 0 Å². The third-order valence-electron chi connectivity index (χ3n) is 4.38. The maximum Gasteiger partial charge on any atom is 0.256 e. The van der Waals surface area contributed by atoms with E-state index in [9.17, 15) is 9.59 Å². The van der Waals surface area contributed by atoms with Gasteiger partial charge in [-0.25, -0.2) is 0 Å². The van der Waals surface area contributed by atoms with Gasteiger partial charge in [0.25, 0.3) is 5.91 Å². The Morgan fingerprint density at radius 2 is 2.28 bits per heavy atom. The fourth-order valence-corrected chi connectivity index (χ4v) is 3.13. The Morgan fingerprint density at radius 3 is 3.04 bits per heavy atom. The summed E-state index contributed by atoms with van der Waals surface area (Å²) in [5.74, 6) is 0.168. The first-order valence-electron chi connectivity index (χ1n) is 8.75. The number of pyridine rings is 1. The molecule has 0 aromatic carbocycles. The summed E-state index contributed by atoms with van der Waals surface area (Å²) in [6.07, 6.45) is 7.54. The number of nitrogens with zero attached hydrogens (tertiary/aromatic N) is 3. The number of hydrogen-bond donors (Lipinski definition) is 2. The highest BCUT2D eigenvalue weighted by Gasteiger charge is 2.33. The molecule has 1 aliphatic heterocycles. The molecule has 0 radical (unpaired) electrons. The number of H-pyrrole nitrogens is 1. The van der Waals surface area contributed by atoms with Crippen LogP contribution in [0.4, 0.5) is 5.82 Å². The van der Waals surface area contributed by atoms with Crippen molar-refractivity contribution in [2.45, 2.75) is 45.1 Å². The van der Waals surface area contributed by atoms with Crippen molar-refractivity contribution in [2.24, 2.45) is 0 Å². The highest BCUT2D eigenvalue weighted by molar-refractivity contribution is 6.00. The number of piperidine rings is 1. The Balaban J connectivity index is 1.71. The van der Waals surface area contributed by atoms with E-state index in [0.717, 1.165) is 31.4 Å². The van der Waals surface area contributed by atoms with Gasteiger partial charge in [-0.05, 0) is 37.8 Å². The van der Waals surface area contributed by atoms with E-state index in [-0.39, 0.29) is 11.8 Å². The Morgan fingerprint density at radius 1 is 1.40 bits per heavy atom. The molecule has 7 heteroatoms. The summed E-state index contributed by atoms with van der Waals surface area (Å²) in [4.78, 5) is 31.1. The van der Waals surface area contributed by atoms with Crippen LogP contribution in [0.15, 0.2) is 30.6 Å². The third-order valence-corrected chi connectivity index (χ3v) is 4.38. The number of aryl methyl sites for hydroxylation is 1. The highest BCUT2D eigenvalue weighted by atomic mass is 16.2. The fraction of sp³-hybridized carbons (Fsp3) is 0.444. The molecule has 1 saturated heterocycles. The van der Waals surface area contributed by atoms with Crippen molar-refractivity contribution < 1.29 is 9.59 Å². The number of nitrogens with one attached hydrogen (secondary N) is 2. The van der Waals surface area contributed by atoms with Gasteiger partial charge in [-0.2, -0.15) is 5.10 Å². The lowest BCUT2D eigenvalue weighted by Gasteiger charge is -2.34. The van der Waals surface area contributed by atoms with Crippen LogP contribution in [0, 0.1) is 0 Å². The van der Waals surface area contributed by atoms with Gasteiger partial charge in [0, 0.05) is 30.7 Å². The first kappa shape index (κ1) is 17.1. The SMILES string of the molecule is CCCc1cc(NC(=O)[C@H]2CCCCN2C(=O)c2cccnc2)n[nH]1. The first-order chi connectivity index (χ1) is 12.2. The molecule has 0 unspecified atom stereocenters. The molecule has 1 atom stereocenters. The summed E-state index contributed by atoms with van der Waals surface area (Å²) < 4.78 is 0. The van der Waals surface area contributed by atoms with Gasteiger partial charge in [-0.3, -0.25) is 19.7 Å². The summed E-state index contributed by atoms with van der Waals surface area (Å²) in [7, 11) is 0. The van der Waals surface area contributed by atoms with Crippen LogP contribution >= 0.6 is 0 Å². The molecular formula is C18H23N5O2. The highest BCUT2D eigenvalue weighted by Crippen LogP contribution is 2.21. The second-order valence-corrected chi connectivity index (χ2v) is 6.27. The van der Waals surface area contributed by atoms with Crippen LogP contribution in [0.25, 0.3) is 0 Å². The van der Waals surface area contributed by atoms with Gasteiger partial charge >= 0.3 is 0 Å². The van der Waals surface area contributed by atoms with Crippen molar-refractivity contribution in [3.8, 4) is 0 Å². The van der Waals surface area contributed by atoms with E-state index < -0.39 is 6.04 Å². The Kier molecular flexibility index (Phi) is 5.42. The molecule has 2 aromatic rings. The van der Waals surface area contributed by atoms with Gasteiger partial charge in [-0.1, -0.05) is 13.3 Å². The second-order valence-electron chi connectivity index (χ2n) is 6.27. The second kappa shape index (κ2) is 7.92. The number of carbonyl (C=O) groups excluding carboxylic acids is 2. The van der Waals surface area contributed by atoms with Gasteiger partial charge < -0.3 is 10.2 Å². The smallest absolute Gasteiger partial charge is 0.256 e. The molecule has 1 fully saturated rings. The Bertz CT molecular complexity index is 728. The Labute approximate surface area is 146 Å². The molecule has 0 spiro atoms. The molecule has 7 nitrogen and oxygen atoms in total. The number of aromatic nitrogens is 3. The first-order valence-corrected chi connectivity index (χ1v) is 8.75. The molecule has 132 valence electrons. The average Bonchev–Trinajstić information content (AvgIpc) is 3.09. The zero-order valence-corrected chi connectivity index (χ0v) is 14.4. The van der Waals surface area contributed by atoms with Gasteiger partial charge in [0.1, 0.15) is 6.04 Å². The number of hydrogen-bond acceptors (Lipinski definition) is 4. The summed E-state index contributed by atoms with van der Waals surface area (Å²) in [5, 5.41) is 9.88. The Hall–Kier alpha value is -2.70. The maximum absolute atomic E-state index is 12.7. The van der Waals surface area contributed by atoms with Crippen LogP contribution in [-0.4, -0.2) is 44.5 Å². The van der Waals surface area contributed by atoms with Crippen molar-refractivity contribution in [3.05, 3.63) is 41.9 Å². The number of rotatable bonds is 5. The minimum atomic E-state index is -0.479. The fourth-order valence-electron chi connectivity index (χ4n) is 3.13. The molecule has 2 N–H and O–H groups in total. The molecule has 0 aliphatic carbocycles. The lowest BCUT2D eigenvalue weighted by atomic mass is 10.00. The number of likely N-dealkylation sites (tertiary alicyclic amines) is 1. The minimum Gasteiger partial charge on any atom is -0.327 e. The predicted octanol–water partition coefficient (Wildman–Crippen LogP) is 2.39.